The molecule has 0 saturated carbocycles. The first-order chi connectivity index (χ1) is 13.3. The predicted octanol–water partition coefficient (Wildman–Crippen LogP) is 3.70. The number of aryl methyl sites for hydroxylation is 1. The van der Waals surface area contributed by atoms with Crippen LogP contribution in [0.3, 0.4) is 0 Å². The molecular weight excluding hydrogens is 373 g/mol. The van der Waals surface area contributed by atoms with Gasteiger partial charge in [-0.15, -0.1) is 0 Å². The van der Waals surface area contributed by atoms with Crippen molar-refractivity contribution < 1.29 is 27.1 Å². The van der Waals surface area contributed by atoms with Gasteiger partial charge in [-0.1, -0.05) is 6.08 Å². The minimum atomic E-state index is -4.53. The van der Waals surface area contributed by atoms with E-state index in [4.69, 9.17) is 9.15 Å². The summed E-state index contributed by atoms with van der Waals surface area (Å²) in [5, 5.41) is 3.41. The van der Waals surface area contributed by atoms with E-state index in [1.54, 1.807) is 18.2 Å². The second-order valence-electron chi connectivity index (χ2n) is 6.92. The summed E-state index contributed by atoms with van der Waals surface area (Å²) in [6.07, 6.45) is 0.0591. The molecule has 2 unspecified atom stereocenters. The highest BCUT2D eigenvalue weighted by Crippen LogP contribution is 2.35. The lowest BCUT2D eigenvalue weighted by molar-refractivity contribution is -0.173. The maximum Gasteiger partial charge on any atom is 0.412 e. The van der Waals surface area contributed by atoms with Gasteiger partial charge in [0.15, 0.2) is 6.04 Å². The highest BCUT2D eigenvalue weighted by molar-refractivity contribution is 5.84. The molecule has 0 bridgehead atoms. The third-order valence-electron chi connectivity index (χ3n) is 4.92. The van der Waals surface area contributed by atoms with Crippen molar-refractivity contribution in [1.82, 2.24) is 10.2 Å². The zero-order valence-electron chi connectivity index (χ0n) is 15.1. The average Bonchev–Trinajstić information content (AvgIpc) is 3.22. The van der Waals surface area contributed by atoms with E-state index < -0.39 is 18.3 Å². The van der Waals surface area contributed by atoms with E-state index in [2.05, 4.69) is 5.32 Å². The van der Waals surface area contributed by atoms with E-state index in [1.807, 2.05) is 13.0 Å². The Labute approximate surface area is 159 Å². The number of alkyl halides is 3. The molecule has 1 N–H and O–H groups in total. The molecule has 28 heavy (non-hydrogen) atoms. The van der Waals surface area contributed by atoms with Crippen molar-refractivity contribution in [2.24, 2.45) is 0 Å². The van der Waals surface area contributed by atoms with Crippen molar-refractivity contribution in [3.05, 3.63) is 54.0 Å². The van der Waals surface area contributed by atoms with Crippen LogP contribution in [0.4, 0.5) is 13.2 Å². The van der Waals surface area contributed by atoms with Crippen molar-refractivity contribution in [3.8, 4) is 5.75 Å². The molecule has 1 aromatic heterocycles. The molecule has 8 heteroatoms. The molecule has 3 heterocycles. The first-order valence-electron chi connectivity index (χ1n) is 8.95. The van der Waals surface area contributed by atoms with E-state index >= 15 is 0 Å². The molecule has 1 amide bonds. The quantitative estimate of drug-likeness (QED) is 0.862. The second-order valence-corrected chi connectivity index (χ2v) is 6.92. The minimum absolute atomic E-state index is 0.0539. The molecule has 2 aliphatic heterocycles. The van der Waals surface area contributed by atoms with Crippen molar-refractivity contribution in [3.63, 3.8) is 0 Å². The third-order valence-corrected chi connectivity index (χ3v) is 4.92. The van der Waals surface area contributed by atoms with Crippen molar-refractivity contribution >= 4 is 16.9 Å². The average molecular weight is 392 g/mol. The molecule has 2 atom stereocenters. The molecular formula is C20H19F3N2O3. The number of benzene rings is 1. The summed E-state index contributed by atoms with van der Waals surface area (Å²) in [5.74, 6) is 0.812. The number of hydrogen-bond acceptors (Lipinski definition) is 4. The largest absolute Gasteiger partial charge is 0.489 e. The van der Waals surface area contributed by atoms with Gasteiger partial charge in [-0.25, -0.2) is 0 Å². The fourth-order valence-corrected chi connectivity index (χ4v) is 3.70. The molecule has 5 nitrogen and oxygen atoms in total. The van der Waals surface area contributed by atoms with Crippen LogP contribution in [0.1, 0.15) is 12.2 Å². The number of ether oxygens (including phenoxy) is 1. The number of amides is 1. The zero-order chi connectivity index (χ0) is 19.9. The van der Waals surface area contributed by atoms with E-state index in [1.165, 1.54) is 18.4 Å². The Balaban J connectivity index is 1.55. The summed E-state index contributed by atoms with van der Waals surface area (Å²) in [6.45, 7) is 1.96. The van der Waals surface area contributed by atoms with Gasteiger partial charge < -0.3 is 19.4 Å². The summed E-state index contributed by atoms with van der Waals surface area (Å²) in [4.78, 5) is 13.0. The number of allylic oxidation sites excluding steroid dienone is 2. The number of furan rings is 1. The third kappa shape index (κ3) is 3.46. The smallest absolute Gasteiger partial charge is 0.412 e. The molecule has 2 aromatic rings. The normalized spacial score (nSPS) is 22.5. The Bertz CT molecular complexity index is 961. The van der Waals surface area contributed by atoms with Gasteiger partial charge in [-0.3, -0.25) is 4.79 Å². The molecule has 148 valence electrons. The molecule has 0 aliphatic carbocycles. The van der Waals surface area contributed by atoms with E-state index in [9.17, 15) is 18.0 Å². The number of fused-ring (bicyclic) bond motifs is 1. The highest BCUT2D eigenvalue weighted by Gasteiger charge is 2.49. The first kappa shape index (κ1) is 18.5. The van der Waals surface area contributed by atoms with E-state index in [0.717, 1.165) is 16.0 Å². The van der Waals surface area contributed by atoms with Crippen LogP contribution in [0.5, 0.6) is 5.75 Å². The number of carbonyl (C=O) groups excluding carboxylic acids is 1. The van der Waals surface area contributed by atoms with Gasteiger partial charge >= 0.3 is 6.18 Å². The summed E-state index contributed by atoms with van der Waals surface area (Å²) in [7, 11) is 0. The molecule has 1 saturated heterocycles. The number of rotatable bonds is 4. The summed E-state index contributed by atoms with van der Waals surface area (Å²) >= 11 is 0. The monoisotopic (exact) mass is 392 g/mol. The molecule has 2 aliphatic rings. The molecule has 0 radical (unpaired) electrons. The van der Waals surface area contributed by atoms with Gasteiger partial charge in [0.25, 0.3) is 0 Å². The lowest BCUT2D eigenvalue weighted by Crippen LogP contribution is -2.52. The lowest BCUT2D eigenvalue weighted by atomic mass is 9.99. The van der Waals surface area contributed by atoms with Crippen LogP contribution < -0.4 is 10.1 Å². The van der Waals surface area contributed by atoms with Crippen LogP contribution in [0, 0.1) is 6.92 Å². The van der Waals surface area contributed by atoms with E-state index in [0.29, 0.717) is 24.3 Å². The van der Waals surface area contributed by atoms with Gasteiger partial charge in [0, 0.05) is 18.1 Å². The Kier molecular flexibility index (Phi) is 4.56. The maximum absolute atomic E-state index is 13.8. The summed E-state index contributed by atoms with van der Waals surface area (Å²) in [5.41, 5.74) is 0.745. The molecule has 4 rings (SSSR count). The fourth-order valence-electron chi connectivity index (χ4n) is 3.70. The summed E-state index contributed by atoms with van der Waals surface area (Å²) < 4.78 is 52.7. The topological polar surface area (TPSA) is 54.7 Å². The van der Waals surface area contributed by atoms with Crippen LogP contribution in [0.2, 0.25) is 0 Å². The summed E-state index contributed by atoms with van der Waals surface area (Å²) in [6, 6.07) is 4.22. The zero-order valence-corrected chi connectivity index (χ0v) is 15.1. The van der Waals surface area contributed by atoms with Crippen LogP contribution in [-0.4, -0.2) is 42.2 Å². The van der Waals surface area contributed by atoms with Gasteiger partial charge in [-0.05, 0) is 49.3 Å². The molecule has 1 aromatic carbocycles. The van der Waals surface area contributed by atoms with Crippen molar-refractivity contribution in [2.45, 2.75) is 31.6 Å². The van der Waals surface area contributed by atoms with Crippen molar-refractivity contribution in [1.29, 1.82) is 0 Å². The number of halogens is 3. The van der Waals surface area contributed by atoms with Crippen LogP contribution >= 0.6 is 0 Å². The number of carbonyl (C=O) groups is 1. The lowest BCUT2D eigenvalue weighted by Gasteiger charge is -2.38. The van der Waals surface area contributed by atoms with E-state index in [-0.39, 0.29) is 18.1 Å². The van der Waals surface area contributed by atoms with Gasteiger partial charge in [0.1, 0.15) is 29.7 Å². The van der Waals surface area contributed by atoms with Crippen LogP contribution in [0.15, 0.2) is 52.6 Å². The highest BCUT2D eigenvalue weighted by atomic mass is 19.4. The van der Waals surface area contributed by atoms with Gasteiger partial charge in [0.05, 0.1) is 0 Å². The van der Waals surface area contributed by atoms with Crippen LogP contribution in [-0.2, 0) is 4.79 Å². The van der Waals surface area contributed by atoms with Crippen LogP contribution in [0.25, 0.3) is 11.0 Å². The first-order valence-corrected chi connectivity index (χ1v) is 8.95. The number of hydrogen-bond donors (Lipinski definition) is 1. The van der Waals surface area contributed by atoms with Gasteiger partial charge in [-0.2, -0.15) is 13.2 Å². The fraction of sp³-hybridized carbons (Fsp3) is 0.350. The predicted molar refractivity (Wildman–Crippen MR) is 96.8 cm³/mol. The Morgan fingerprint density at radius 2 is 2.14 bits per heavy atom. The Morgan fingerprint density at radius 1 is 1.32 bits per heavy atom. The van der Waals surface area contributed by atoms with Crippen molar-refractivity contribution in [2.75, 3.05) is 13.2 Å². The molecule has 0 spiro atoms. The SMILES string of the molecule is Cc1cc2cc(OCC3=CC=CN(C4CCNC4=O)C3C(F)(F)F)ccc2o1. The Morgan fingerprint density at radius 3 is 2.86 bits per heavy atom. The second kappa shape index (κ2) is 6.92. The molecule has 1 fully saturated rings. The Hall–Kier alpha value is -2.90. The van der Waals surface area contributed by atoms with Gasteiger partial charge in [0.2, 0.25) is 5.91 Å². The number of nitrogens with one attached hydrogen (secondary N) is 1. The minimum Gasteiger partial charge on any atom is -0.489 e. The maximum atomic E-state index is 13.8. The number of nitrogens with zero attached hydrogens (tertiary/aromatic N) is 1. The standard InChI is InChI=1S/C20H19F3N2O3/c1-12-9-14-10-15(4-5-17(14)28-12)27-11-13-3-2-8-25(18(13)20(21,22)23)16-6-7-24-19(16)26/h2-5,8-10,16,18H,6-7,11H2,1H3,(H,24,26).